The lowest BCUT2D eigenvalue weighted by Crippen LogP contribution is -2.53. The van der Waals surface area contributed by atoms with Crippen LogP contribution in [0.1, 0.15) is 24.1 Å². The first-order valence-corrected chi connectivity index (χ1v) is 8.79. The summed E-state index contributed by atoms with van der Waals surface area (Å²) in [5.41, 5.74) is 2.99. The summed E-state index contributed by atoms with van der Waals surface area (Å²) in [6.07, 6.45) is 7.59. The third-order valence-corrected chi connectivity index (χ3v) is 5.50. The molecule has 0 saturated carbocycles. The molecule has 1 aliphatic carbocycles. The van der Waals surface area contributed by atoms with E-state index in [-0.39, 0.29) is 11.9 Å². The van der Waals surface area contributed by atoms with Crippen molar-refractivity contribution in [3.8, 4) is 0 Å². The summed E-state index contributed by atoms with van der Waals surface area (Å²) >= 11 is 0. The molecule has 4 rings (SSSR count). The van der Waals surface area contributed by atoms with Gasteiger partial charge in [0.05, 0.1) is 6.33 Å². The van der Waals surface area contributed by atoms with E-state index in [0.29, 0.717) is 6.04 Å². The Balaban J connectivity index is 1.33. The van der Waals surface area contributed by atoms with E-state index in [1.54, 1.807) is 12.5 Å². The van der Waals surface area contributed by atoms with Crippen molar-refractivity contribution in [2.75, 3.05) is 26.2 Å². The standard InChI is InChI=1S/C19H24N4O/c1-15(23-7-6-20-14-23)19(24)22-10-8-21(9-11-22)18-12-16-4-2-3-5-17(16)13-18/h2-7,14-15,18H,8-13H2,1H3/t15-/m0/s1. The lowest BCUT2D eigenvalue weighted by atomic mass is 10.1. The zero-order valence-corrected chi connectivity index (χ0v) is 14.1. The minimum absolute atomic E-state index is 0.171. The smallest absolute Gasteiger partial charge is 0.245 e. The van der Waals surface area contributed by atoms with Gasteiger partial charge in [0.25, 0.3) is 0 Å². The fraction of sp³-hybridized carbons (Fsp3) is 0.474. The molecule has 2 aromatic rings. The van der Waals surface area contributed by atoms with Gasteiger partial charge in [-0.2, -0.15) is 0 Å². The van der Waals surface area contributed by atoms with Gasteiger partial charge in [0.15, 0.2) is 0 Å². The summed E-state index contributed by atoms with van der Waals surface area (Å²) in [5, 5.41) is 0. The second kappa shape index (κ2) is 6.40. The number of fused-ring (bicyclic) bond motifs is 1. The second-order valence-electron chi connectivity index (χ2n) is 6.88. The Morgan fingerprint density at radius 1 is 1.12 bits per heavy atom. The average molecular weight is 324 g/mol. The topological polar surface area (TPSA) is 41.4 Å². The quantitative estimate of drug-likeness (QED) is 0.864. The van der Waals surface area contributed by atoms with Crippen molar-refractivity contribution in [3.63, 3.8) is 0 Å². The van der Waals surface area contributed by atoms with Crippen molar-refractivity contribution in [3.05, 3.63) is 54.1 Å². The molecule has 0 bridgehead atoms. The molecule has 126 valence electrons. The molecule has 1 amide bonds. The Labute approximate surface area is 142 Å². The predicted molar refractivity (Wildman–Crippen MR) is 92.7 cm³/mol. The van der Waals surface area contributed by atoms with Gasteiger partial charge < -0.3 is 9.47 Å². The molecule has 1 saturated heterocycles. The molecule has 2 aliphatic rings. The maximum atomic E-state index is 12.7. The number of aromatic nitrogens is 2. The summed E-state index contributed by atoms with van der Waals surface area (Å²) in [6.45, 7) is 5.54. The van der Waals surface area contributed by atoms with Crippen LogP contribution in [0.4, 0.5) is 0 Å². The van der Waals surface area contributed by atoms with Crippen molar-refractivity contribution in [1.29, 1.82) is 0 Å². The van der Waals surface area contributed by atoms with E-state index in [0.717, 1.165) is 39.0 Å². The highest BCUT2D eigenvalue weighted by molar-refractivity contribution is 5.80. The third kappa shape index (κ3) is 2.84. The first-order chi connectivity index (χ1) is 11.7. The molecule has 1 atom stereocenters. The molecule has 2 heterocycles. The Morgan fingerprint density at radius 2 is 1.79 bits per heavy atom. The second-order valence-corrected chi connectivity index (χ2v) is 6.88. The maximum absolute atomic E-state index is 12.7. The highest BCUT2D eigenvalue weighted by Gasteiger charge is 2.31. The van der Waals surface area contributed by atoms with E-state index < -0.39 is 0 Å². The van der Waals surface area contributed by atoms with E-state index >= 15 is 0 Å². The Morgan fingerprint density at radius 3 is 2.38 bits per heavy atom. The van der Waals surface area contributed by atoms with Crippen LogP contribution < -0.4 is 0 Å². The number of amides is 1. The molecule has 0 unspecified atom stereocenters. The third-order valence-electron chi connectivity index (χ3n) is 5.50. The SMILES string of the molecule is C[C@@H](C(=O)N1CCN(C2Cc3ccccc3C2)CC1)n1ccnc1. The van der Waals surface area contributed by atoms with Crippen LogP contribution in [0, 0.1) is 0 Å². The highest BCUT2D eigenvalue weighted by atomic mass is 16.2. The van der Waals surface area contributed by atoms with E-state index in [2.05, 4.69) is 34.1 Å². The van der Waals surface area contributed by atoms with Gasteiger partial charge >= 0.3 is 0 Å². The lowest BCUT2D eigenvalue weighted by Gasteiger charge is -2.39. The van der Waals surface area contributed by atoms with E-state index in [1.807, 2.05) is 22.6 Å². The fourth-order valence-corrected chi connectivity index (χ4v) is 3.99. The summed E-state index contributed by atoms with van der Waals surface area (Å²) in [6, 6.07) is 9.20. The fourth-order valence-electron chi connectivity index (χ4n) is 3.99. The highest BCUT2D eigenvalue weighted by Crippen LogP contribution is 2.26. The minimum Gasteiger partial charge on any atom is -0.338 e. The molecule has 24 heavy (non-hydrogen) atoms. The Hall–Kier alpha value is -2.14. The molecule has 0 radical (unpaired) electrons. The monoisotopic (exact) mass is 324 g/mol. The van der Waals surface area contributed by atoms with Crippen molar-refractivity contribution in [1.82, 2.24) is 19.4 Å². The molecule has 5 nitrogen and oxygen atoms in total. The maximum Gasteiger partial charge on any atom is 0.245 e. The summed E-state index contributed by atoms with van der Waals surface area (Å²) in [5.74, 6) is 0.197. The Kier molecular flexibility index (Phi) is 4.10. The average Bonchev–Trinajstić information content (AvgIpc) is 3.30. The summed E-state index contributed by atoms with van der Waals surface area (Å²) < 4.78 is 1.88. The largest absolute Gasteiger partial charge is 0.338 e. The number of carbonyl (C=O) groups is 1. The lowest BCUT2D eigenvalue weighted by molar-refractivity contribution is -0.136. The first kappa shape index (κ1) is 15.4. The number of benzene rings is 1. The van der Waals surface area contributed by atoms with E-state index in [9.17, 15) is 4.79 Å². The van der Waals surface area contributed by atoms with Gasteiger partial charge in [0, 0.05) is 44.6 Å². The van der Waals surface area contributed by atoms with Crippen molar-refractivity contribution in [2.24, 2.45) is 0 Å². The number of rotatable bonds is 3. The number of carbonyl (C=O) groups excluding carboxylic acids is 1. The first-order valence-electron chi connectivity index (χ1n) is 8.79. The van der Waals surface area contributed by atoms with Gasteiger partial charge in [0.2, 0.25) is 5.91 Å². The van der Waals surface area contributed by atoms with Gasteiger partial charge in [-0.05, 0) is 30.9 Å². The van der Waals surface area contributed by atoms with Crippen molar-refractivity contribution in [2.45, 2.75) is 31.8 Å². The number of piperazine rings is 1. The van der Waals surface area contributed by atoms with Crippen LogP contribution in [-0.2, 0) is 17.6 Å². The molecule has 1 aromatic carbocycles. The van der Waals surface area contributed by atoms with E-state index in [1.165, 1.54) is 11.1 Å². The van der Waals surface area contributed by atoms with Crippen LogP contribution in [0.3, 0.4) is 0 Å². The minimum atomic E-state index is -0.171. The number of hydrogen-bond acceptors (Lipinski definition) is 3. The van der Waals surface area contributed by atoms with Crippen LogP contribution >= 0.6 is 0 Å². The number of nitrogens with zero attached hydrogens (tertiary/aromatic N) is 4. The van der Waals surface area contributed by atoms with Crippen LogP contribution in [0.2, 0.25) is 0 Å². The van der Waals surface area contributed by atoms with Crippen LogP contribution in [0.25, 0.3) is 0 Å². The zero-order valence-electron chi connectivity index (χ0n) is 14.1. The number of hydrogen-bond donors (Lipinski definition) is 0. The van der Waals surface area contributed by atoms with Crippen LogP contribution in [0.5, 0.6) is 0 Å². The summed E-state index contributed by atoms with van der Waals surface area (Å²) in [4.78, 5) is 21.3. The molecular weight excluding hydrogens is 300 g/mol. The molecule has 5 heteroatoms. The molecule has 1 aromatic heterocycles. The van der Waals surface area contributed by atoms with Gasteiger partial charge in [0.1, 0.15) is 6.04 Å². The normalized spacial score (nSPS) is 20.1. The van der Waals surface area contributed by atoms with Gasteiger partial charge in [-0.25, -0.2) is 4.98 Å². The molecule has 0 spiro atoms. The van der Waals surface area contributed by atoms with E-state index in [4.69, 9.17) is 0 Å². The van der Waals surface area contributed by atoms with Crippen LogP contribution in [-0.4, -0.2) is 57.5 Å². The van der Waals surface area contributed by atoms with Crippen molar-refractivity contribution >= 4 is 5.91 Å². The Bertz CT molecular complexity index is 679. The molecule has 1 fully saturated rings. The predicted octanol–water partition coefficient (Wildman–Crippen LogP) is 1.76. The van der Waals surface area contributed by atoms with Gasteiger partial charge in [-0.15, -0.1) is 0 Å². The summed E-state index contributed by atoms with van der Waals surface area (Å²) in [7, 11) is 0. The number of imidazole rings is 1. The zero-order chi connectivity index (χ0) is 16.5. The van der Waals surface area contributed by atoms with Crippen LogP contribution in [0.15, 0.2) is 43.0 Å². The molecule has 1 aliphatic heterocycles. The van der Waals surface area contributed by atoms with Gasteiger partial charge in [-0.1, -0.05) is 24.3 Å². The molecule has 0 N–H and O–H groups in total. The van der Waals surface area contributed by atoms with Gasteiger partial charge in [-0.3, -0.25) is 9.69 Å². The van der Waals surface area contributed by atoms with Crippen molar-refractivity contribution < 1.29 is 4.79 Å². The molecular formula is C19H24N4O.